The summed E-state index contributed by atoms with van der Waals surface area (Å²) in [5, 5.41) is 0. The zero-order valence-corrected chi connectivity index (χ0v) is 12.7. The largest absolute Gasteiger partial charge is 0.469 e. The first-order valence-corrected chi connectivity index (χ1v) is 7.59. The van der Waals surface area contributed by atoms with Crippen molar-refractivity contribution >= 4 is 29.1 Å². The lowest BCUT2D eigenvalue weighted by Crippen LogP contribution is -2.52. The van der Waals surface area contributed by atoms with Gasteiger partial charge in [0.1, 0.15) is 0 Å². The van der Waals surface area contributed by atoms with E-state index >= 15 is 0 Å². The number of piperidine rings is 1. The Morgan fingerprint density at radius 3 is 2.50 bits per heavy atom. The van der Waals surface area contributed by atoms with Crippen LogP contribution in [-0.2, 0) is 14.3 Å². The van der Waals surface area contributed by atoms with Crippen LogP contribution in [0.1, 0.15) is 38.5 Å². The maximum atomic E-state index is 12.8. The normalized spacial score (nSPS) is 25.2. The molecule has 1 heterocycles. The number of carbonyl (C=O) groups is 2. The van der Waals surface area contributed by atoms with Crippen LogP contribution in [0.4, 0.5) is 0 Å². The predicted octanol–water partition coefficient (Wildman–Crippen LogP) is 1.24. The fourth-order valence-electron chi connectivity index (χ4n) is 3.37. The average Bonchev–Trinajstić information content (AvgIpc) is 2.96. The second kappa shape index (κ2) is 6.08. The number of hydrogen-bond donors (Lipinski definition) is 1. The van der Waals surface area contributed by atoms with Gasteiger partial charge < -0.3 is 15.4 Å². The molecule has 1 amide bonds. The fraction of sp³-hybridized carbons (Fsp3) is 0.786. The van der Waals surface area contributed by atoms with Crippen molar-refractivity contribution in [2.75, 3.05) is 20.2 Å². The van der Waals surface area contributed by atoms with E-state index in [2.05, 4.69) is 0 Å². The molecule has 1 unspecified atom stereocenters. The number of carbonyl (C=O) groups excluding carboxylic acids is 2. The second-order valence-electron chi connectivity index (χ2n) is 5.77. The second-order valence-corrected chi connectivity index (χ2v) is 6.21. The smallest absolute Gasteiger partial charge is 0.310 e. The number of nitrogens with zero attached hydrogens (tertiary/aromatic N) is 1. The highest BCUT2D eigenvalue weighted by Crippen LogP contribution is 2.40. The summed E-state index contributed by atoms with van der Waals surface area (Å²) in [5.41, 5.74) is 5.18. The fourth-order valence-corrected chi connectivity index (χ4v) is 3.66. The molecule has 2 N–H and O–H groups in total. The summed E-state index contributed by atoms with van der Waals surface area (Å²) in [7, 11) is 1.39. The van der Waals surface area contributed by atoms with Gasteiger partial charge in [-0.2, -0.15) is 0 Å². The Labute approximate surface area is 124 Å². The maximum absolute atomic E-state index is 12.8. The van der Waals surface area contributed by atoms with Crippen molar-refractivity contribution < 1.29 is 14.3 Å². The summed E-state index contributed by atoms with van der Waals surface area (Å²) in [6.45, 7) is 1.10. The van der Waals surface area contributed by atoms with E-state index in [1.807, 2.05) is 0 Å². The minimum Gasteiger partial charge on any atom is -0.469 e. The van der Waals surface area contributed by atoms with E-state index in [1.54, 1.807) is 4.90 Å². The number of methoxy groups -OCH3 is 1. The number of nitrogens with two attached hydrogens (primary N) is 1. The molecule has 0 aromatic carbocycles. The van der Waals surface area contributed by atoms with Gasteiger partial charge in [0.25, 0.3) is 0 Å². The van der Waals surface area contributed by atoms with Crippen LogP contribution in [0.3, 0.4) is 0 Å². The van der Waals surface area contributed by atoms with Crippen LogP contribution < -0.4 is 5.73 Å². The molecular formula is C14H22N2O3S. The highest BCUT2D eigenvalue weighted by Gasteiger charge is 2.47. The van der Waals surface area contributed by atoms with E-state index in [0.717, 1.165) is 38.5 Å². The molecule has 1 aliphatic heterocycles. The Morgan fingerprint density at radius 1 is 1.30 bits per heavy atom. The van der Waals surface area contributed by atoms with Gasteiger partial charge in [-0.1, -0.05) is 25.1 Å². The molecule has 112 valence electrons. The molecule has 0 aromatic heterocycles. The van der Waals surface area contributed by atoms with Gasteiger partial charge in [0.15, 0.2) is 0 Å². The Balaban J connectivity index is 2.11. The molecular weight excluding hydrogens is 276 g/mol. The van der Waals surface area contributed by atoms with Crippen LogP contribution in [0.25, 0.3) is 0 Å². The van der Waals surface area contributed by atoms with Crippen LogP contribution in [-0.4, -0.2) is 42.0 Å². The topological polar surface area (TPSA) is 72.6 Å². The van der Waals surface area contributed by atoms with Crippen LogP contribution in [0.2, 0.25) is 0 Å². The summed E-state index contributed by atoms with van der Waals surface area (Å²) in [6, 6.07) is 0. The summed E-state index contributed by atoms with van der Waals surface area (Å²) in [4.78, 5) is 26.6. The summed E-state index contributed by atoms with van der Waals surface area (Å²) in [6.07, 6.45) is 5.03. The molecule has 5 nitrogen and oxygen atoms in total. The third-order valence-electron chi connectivity index (χ3n) is 4.58. The standard InChI is InChI=1S/C14H22N2O3S/c1-19-11(17)10-5-4-8-16(9-10)13(18)14(12(15)20)6-2-3-7-14/h10H,2-9H2,1H3,(H2,15,20). The molecule has 2 aliphatic rings. The Kier molecular flexibility index (Phi) is 4.62. The molecule has 0 aromatic rings. The Hall–Kier alpha value is -1.17. The molecule has 2 rings (SSSR count). The van der Waals surface area contributed by atoms with E-state index in [4.69, 9.17) is 22.7 Å². The minimum atomic E-state index is -0.673. The SMILES string of the molecule is COC(=O)C1CCCN(C(=O)C2(C(N)=S)CCCC2)C1. The molecule has 6 heteroatoms. The van der Waals surface area contributed by atoms with Crippen molar-refractivity contribution in [3.63, 3.8) is 0 Å². The van der Waals surface area contributed by atoms with E-state index in [1.165, 1.54) is 7.11 Å². The highest BCUT2D eigenvalue weighted by molar-refractivity contribution is 7.80. The number of likely N-dealkylation sites (tertiary alicyclic amines) is 1. The lowest BCUT2D eigenvalue weighted by atomic mass is 9.83. The van der Waals surface area contributed by atoms with E-state index in [-0.39, 0.29) is 17.8 Å². The quantitative estimate of drug-likeness (QED) is 0.627. The Morgan fingerprint density at radius 2 is 1.95 bits per heavy atom. The number of hydrogen-bond acceptors (Lipinski definition) is 4. The van der Waals surface area contributed by atoms with Crippen molar-refractivity contribution in [1.82, 2.24) is 4.90 Å². The van der Waals surface area contributed by atoms with Crippen molar-refractivity contribution in [1.29, 1.82) is 0 Å². The number of amides is 1. The number of ether oxygens (including phenoxy) is 1. The van der Waals surface area contributed by atoms with Crippen LogP contribution in [0, 0.1) is 11.3 Å². The molecule has 0 bridgehead atoms. The lowest BCUT2D eigenvalue weighted by Gasteiger charge is -2.37. The van der Waals surface area contributed by atoms with Gasteiger partial charge in [0.2, 0.25) is 5.91 Å². The first kappa shape index (κ1) is 15.2. The van der Waals surface area contributed by atoms with Crippen molar-refractivity contribution in [2.45, 2.75) is 38.5 Å². The molecule has 2 fully saturated rings. The van der Waals surface area contributed by atoms with Crippen molar-refractivity contribution in [3.05, 3.63) is 0 Å². The van der Waals surface area contributed by atoms with Gasteiger partial charge in [0.05, 0.1) is 23.4 Å². The van der Waals surface area contributed by atoms with Crippen LogP contribution in [0.5, 0.6) is 0 Å². The maximum Gasteiger partial charge on any atom is 0.310 e. The lowest BCUT2D eigenvalue weighted by molar-refractivity contribution is -0.150. The monoisotopic (exact) mass is 298 g/mol. The van der Waals surface area contributed by atoms with E-state index in [9.17, 15) is 9.59 Å². The molecule has 1 saturated carbocycles. The Bertz CT molecular complexity index is 419. The van der Waals surface area contributed by atoms with Gasteiger partial charge >= 0.3 is 5.97 Å². The molecule has 1 atom stereocenters. The third kappa shape index (κ3) is 2.66. The molecule has 1 saturated heterocycles. The van der Waals surface area contributed by atoms with Crippen LogP contribution in [0.15, 0.2) is 0 Å². The number of rotatable bonds is 3. The minimum absolute atomic E-state index is 0.0103. The zero-order chi connectivity index (χ0) is 14.8. The van der Waals surface area contributed by atoms with Gasteiger partial charge in [-0.3, -0.25) is 9.59 Å². The van der Waals surface area contributed by atoms with Gasteiger partial charge in [-0.25, -0.2) is 0 Å². The first-order chi connectivity index (χ1) is 9.51. The average molecular weight is 298 g/mol. The van der Waals surface area contributed by atoms with E-state index in [0.29, 0.717) is 18.1 Å². The molecule has 0 radical (unpaired) electrons. The van der Waals surface area contributed by atoms with Gasteiger partial charge in [0, 0.05) is 13.1 Å². The first-order valence-electron chi connectivity index (χ1n) is 7.18. The summed E-state index contributed by atoms with van der Waals surface area (Å²) < 4.78 is 4.79. The van der Waals surface area contributed by atoms with Crippen LogP contribution >= 0.6 is 12.2 Å². The van der Waals surface area contributed by atoms with Crippen molar-refractivity contribution in [2.24, 2.45) is 17.1 Å². The summed E-state index contributed by atoms with van der Waals surface area (Å²) in [5.74, 6) is -0.447. The van der Waals surface area contributed by atoms with Gasteiger partial charge in [-0.15, -0.1) is 0 Å². The molecule has 0 spiro atoms. The number of esters is 1. The van der Waals surface area contributed by atoms with E-state index < -0.39 is 5.41 Å². The third-order valence-corrected chi connectivity index (χ3v) is 4.97. The highest BCUT2D eigenvalue weighted by atomic mass is 32.1. The van der Waals surface area contributed by atoms with Crippen molar-refractivity contribution in [3.8, 4) is 0 Å². The molecule has 20 heavy (non-hydrogen) atoms. The zero-order valence-electron chi connectivity index (χ0n) is 11.9. The predicted molar refractivity (Wildman–Crippen MR) is 79.0 cm³/mol. The summed E-state index contributed by atoms with van der Waals surface area (Å²) >= 11 is 5.16. The molecule has 1 aliphatic carbocycles. The number of thiocarbonyl (C=S) groups is 1. The van der Waals surface area contributed by atoms with Gasteiger partial charge in [-0.05, 0) is 25.7 Å².